The van der Waals surface area contributed by atoms with Gasteiger partial charge in [0, 0.05) is 23.0 Å². The van der Waals surface area contributed by atoms with Gasteiger partial charge in [-0.2, -0.15) is 5.10 Å². The second-order valence-electron chi connectivity index (χ2n) is 6.64. The summed E-state index contributed by atoms with van der Waals surface area (Å²) in [6, 6.07) is 16.3. The van der Waals surface area contributed by atoms with E-state index in [-0.39, 0.29) is 12.1 Å². The average Bonchev–Trinajstić information content (AvgIpc) is 3.16. The molecule has 0 aliphatic carbocycles. The van der Waals surface area contributed by atoms with Gasteiger partial charge in [0.1, 0.15) is 11.3 Å². The van der Waals surface area contributed by atoms with E-state index in [1.807, 2.05) is 31.2 Å². The van der Waals surface area contributed by atoms with E-state index < -0.39 is 6.10 Å². The largest absolute Gasteiger partial charge is 0.494 e. The molecular weight excluding hydrogens is 390 g/mol. The normalized spacial score (nSPS) is 12.2. The number of nitrogens with zero attached hydrogens (tertiary/aromatic N) is 3. The first-order chi connectivity index (χ1) is 14.0. The van der Waals surface area contributed by atoms with Crippen molar-refractivity contribution in [1.82, 2.24) is 14.2 Å². The molecule has 29 heavy (non-hydrogen) atoms. The summed E-state index contributed by atoms with van der Waals surface area (Å²) >= 11 is 5.99. The van der Waals surface area contributed by atoms with Gasteiger partial charge < -0.3 is 14.4 Å². The first kappa shape index (κ1) is 19.2. The Balaban J connectivity index is 1.63. The summed E-state index contributed by atoms with van der Waals surface area (Å²) in [4.78, 5) is 12.9. The van der Waals surface area contributed by atoms with Crippen molar-refractivity contribution in [3.8, 4) is 17.0 Å². The molecule has 0 aliphatic rings. The molecule has 148 valence electrons. The molecule has 0 amide bonds. The first-order valence-electron chi connectivity index (χ1n) is 9.30. The van der Waals surface area contributed by atoms with Crippen molar-refractivity contribution in [2.24, 2.45) is 0 Å². The molecule has 0 spiro atoms. The molecule has 1 atom stereocenters. The summed E-state index contributed by atoms with van der Waals surface area (Å²) in [5, 5.41) is 15.5. The zero-order valence-corrected chi connectivity index (χ0v) is 16.6. The fourth-order valence-electron chi connectivity index (χ4n) is 3.21. The number of rotatable bonds is 6. The van der Waals surface area contributed by atoms with Crippen molar-refractivity contribution >= 4 is 17.1 Å². The van der Waals surface area contributed by atoms with Crippen LogP contribution in [0.1, 0.15) is 18.6 Å². The lowest BCUT2D eigenvalue weighted by Crippen LogP contribution is -2.24. The van der Waals surface area contributed by atoms with E-state index in [4.69, 9.17) is 16.3 Å². The number of aliphatic hydroxyl groups is 1. The minimum atomic E-state index is -0.845. The number of aromatic nitrogens is 3. The Morgan fingerprint density at radius 2 is 1.93 bits per heavy atom. The van der Waals surface area contributed by atoms with Gasteiger partial charge in [0.2, 0.25) is 0 Å². The minimum Gasteiger partial charge on any atom is -0.494 e. The fraction of sp³-hybridized carbons (Fsp3) is 0.182. The van der Waals surface area contributed by atoms with Crippen LogP contribution in [0.5, 0.6) is 5.75 Å². The quantitative estimate of drug-likeness (QED) is 0.523. The van der Waals surface area contributed by atoms with Gasteiger partial charge in [-0.05, 0) is 55.0 Å². The molecule has 0 aliphatic heterocycles. The molecule has 2 heterocycles. The van der Waals surface area contributed by atoms with Crippen LogP contribution in [-0.4, -0.2) is 25.9 Å². The molecule has 2 aromatic carbocycles. The van der Waals surface area contributed by atoms with Crippen LogP contribution in [0.25, 0.3) is 16.8 Å². The number of fused-ring (bicyclic) bond motifs is 1. The molecule has 0 saturated carbocycles. The number of halogens is 1. The van der Waals surface area contributed by atoms with E-state index in [1.54, 1.807) is 47.2 Å². The Bertz CT molecular complexity index is 1200. The SMILES string of the molecule is CCOc1ccc(-c2cc3c(=O)n(C[C@@H](O)c4cccc(Cl)c4)ccn3n2)cc1. The zero-order valence-electron chi connectivity index (χ0n) is 15.8. The van der Waals surface area contributed by atoms with Gasteiger partial charge >= 0.3 is 0 Å². The van der Waals surface area contributed by atoms with Gasteiger partial charge in [0.25, 0.3) is 5.56 Å². The van der Waals surface area contributed by atoms with Crippen LogP contribution in [-0.2, 0) is 6.54 Å². The number of hydrogen-bond acceptors (Lipinski definition) is 4. The van der Waals surface area contributed by atoms with Gasteiger partial charge in [-0.15, -0.1) is 0 Å². The fourth-order valence-corrected chi connectivity index (χ4v) is 3.40. The number of hydrogen-bond donors (Lipinski definition) is 1. The second kappa shape index (κ2) is 8.11. The third kappa shape index (κ3) is 4.04. The Hall–Kier alpha value is -3.09. The highest BCUT2D eigenvalue weighted by atomic mass is 35.5. The highest BCUT2D eigenvalue weighted by Gasteiger charge is 2.13. The van der Waals surface area contributed by atoms with Crippen molar-refractivity contribution in [1.29, 1.82) is 0 Å². The van der Waals surface area contributed by atoms with E-state index in [0.29, 0.717) is 28.4 Å². The summed E-state index contributed by atoms with van der Waals surface area (Å²) in [7, 11) is 0. The van der Waals surface area contributed by atoms with E-state index in [9.17, 15) is 9.90 Å². The predicted octanol–water partition coefficient (Wildman–Crippen LogP) is 3.95. The Kier molecular flexibility index (Phi) is 5.38. The van der Waals surface area contributed by atoms with Crippen molar-refractivity contribution in [2.75, 3.05) is 6.61 Å². The maximum Gasteiger partial charge on any atom is 0.276 e. The molecule has 2 aromatic heterocycles. The average molecular weight is 410 g/mol. The molecule has 0 radical (unpaired) electrons. The molecule has 6 nitrogen and oxygen atoms in total. The van der Waals surface area contributed by atoms with Crippen LogP contribution in [0, 0.1) is 0 Å². The Morgan fingerprint density at radius 1 is 1.14 bits per heavy atom. The summed E-state index contributed by atoms with van der Waals surface area (Å²) in [6.07, 6.45) is 2.49. The van der Waals surface area contributed by atoms with Gasteiger partial charge in [-0.25, -0.2) is 4.52 Å². The van der Waals surface area contributed by atoms with Gasteiger partial charge in [0.05, 0.1) is 24.9 Å². The Labute approximate surface area is 172 Å². The topological polar surface area (TPSA) is 68.8 Å². The monoisotopic (exact) mass is 409 g/mol. The molecule has 1 N–H and O–H groups in total. The van der Waals surface area contributed by atoms with E-state index in [2.05, 4.69) is 5.10 Å². The van der Waals surface area contributed by atoms with E-state index in [1.165, 1.54) is 4.57 Å². The molecule has 4 rings (SSSR count). The van der Waals surface area contributed by atoms with Crippen molar-refractivity contribution in [3.05, 3.63) is 87.9 Å². The van der Waals surface area contributed by atoms with Crippen molar-refractivity contribution < 1.29 is 9.84 Å². The molecule has 0 unspecified atom stereocenters. The lowest BCUT2D eigenvalue weighted by atomic mass is 10.1. The molecule has 0 fully saturated rings. The summed E-state index contributed by atoms with van der Waals surface area (Å²) in [6.45, 7) is 2.66. The third-order valence-electron chi connectivity index (χ3n) is 4.67. The summed E-state index contributed by atoms with van der Waals surface area (Å²) in [5.74, 6) is 0.789. The molecule has 0 bridgehead atoms. The van der Waals surface area contributed by atoms with Gasteiger partial charge in [-0.1, -0.05) is 23.7 Å². The van der Waals surface area contributed by atoms with Crippen molar-refractivity contribution in [2.45, 2.75) is 19.6 Å². The van der Waals surface area contributed by atoms with Crippen LogP contribution >= 0.6 is 11.6 Å². The minimum absolute atomic E-state index is 0.124. The zero-order chi connectivity index (χ0) is 20.4. The maximum atomic E-state index is 12.9. The number of aliphatic hydroxyl groups excluding tert-OH is 1. The third-order valence-corrected chi connectivity index (χ3v) is 4.90. The molecular formula is C22H20ClN3O3. The van der Waals surface area contributed by atoms with Crippen LogP contribution < -0.4 is 10.3 Å². The van der Waals surface area contributed by atoms with Crippen LogP contribution in [0.3, 0.4) is 0 Å². The number of benzene rings is 2. The highest BCUT2D eigenvalue weighted by Crippen LogP contribution is 2.22. The van der Waals surface area contributed by atoms with Crippen molar-refractivity contribution in [3.63, 3.8) is 0 Å². The maximum absolute atomic E-state index is 12.9. The van der Waals surface area contributed by atoms with E-state index >= 15 is 0 Å². The molecule has 0 saturated heterocycles. The lowest BCUT2D eigenvalue weighted by molar-refractivity contribution is 0.155. The Morgan fingerprint density at radius 3 is 2.66 bits per heavy atom. The molecule has 7 heteroatoms. The first-order valence-corrected chi connectivity index (χ1v) is 9.68. The van der Waals surface area contributed by atoms with Crippen LogP contribution in [0.4, 0.5) is 0 Å². The van der Waals surface area contributed by atoms with Crippen LogP contribution in [0.15, 0.2) is 71.8 Å². The summed E-state index contributed by atoms with van der Waals surface area (Å²) in [5.41, 5.74) is 2.46. The number of ether oxygens (including phenoxy) is 1. The van der Waals surface area contributed by atoms with E-state index in [0.717, 1.165) is 11.3 Å². The second-order valence-corrected chi connectivity index (χ2v) is 7.08. The highest BCUT2D eigenvalue weighted by molar-refractivity contribution is 6.30. The summed E-state index contributed by atoms with van der Waals surface area (Å²) < 4.78 is 8.49. The smallest absolute Gasteiger partial charge is 0.276 e. The van der Waals surface area contributed by atoms with Crippen LogP contribution in [0.2, 0.25) is 5.02 Å². The van der Waals surface area contributed by atoms with Gasteiger partial charge in [-0.3, -0.25) is 4.79 Å². The predicted molar refractivity (Wildman–Crippen MR) is 112 cm³/mol. The lowest BCUT2D eigenvalue weighted by Gasteiger charge is -2.13. The van der Waals surface area contributed by atoms with Gasteiger partial charge in [0.15, 0.2) is 0 Å². The molecule has 4 aromatic rings. The standard InChI is InChI=1S/C22H20ClN3O3/c1-2-29-18-8-6-15(7-9-18)19-13-20-22(28)25(10-11-26(20)24-19)14-21(27)16-4-3-5-17(23)12-16/h3-13,21,27H,2,14H2,1H3/t21-/m1/s1.